The van der Waals surface area contributed by atoms with Gasteiger partial charge >= 0.3 is 5.97 Å². The lowest BCUT2D eigenvalue weighted by Gasteiger charge is -2.03. The van der Waals surface area contributed by atoms with Gasteiger partial charge in [-0.25, -0.2) is 8.78 Å². The molecule has 104 valence electrons. The Balaban J connectivity index is 2.29. The van der Waals surface area contributed by atoms with Crippen molar-refractivity contribution in [3.8, 4) is 0 Å². The Morgan fingerprint density at radius 3 is 2.21 bits per heavy atom. The molecule has 0 amide bonds. The molecule has 0 fully saturated rings. The van der Waals surface area contributed by atoms with Gasteiger partial charge < -0.3 is 5.11 Å². The van der Waals surface area contributed by atoms with Gasteiger partial charge in [-0.05, 0) is 25.0 Å². The molecule has 0 spiro atoms. The maximum atomic E-state index is 13.3. The molecular formula is C14H16F2O3. The van der Waals surface area contributed by atoms with E-state index in [0.29, 0.717) is 18.9 Å². The summed E-state index contributed by atoms with van der Waals surface area (Å²) in [4.78, 5) is 21.9. The van der Waals surface area contributed by atoms with Crippen LogP contribution in [-0.4, -0.2) is 16.9 Å². The Morgan fingerprint density at radius 2 is 1.63 bits per heavy atom. The van der Waals surface area contributed by atoms with E-state index in [4.69, 9.17) is 5.11 Å². The monoisotopic (exact) mass is 270 g/mol. The zero-order chi connectivity index (χ0) is 14.3. The van der Waals surface area contributed by atoms with Crippen LogP contribution >= 0.6 is 0 Å². The van der Waals surface area contributed by atoms with Gasteiger partial charge in [0.05, 0.1) is 5.56 Å². The lowest BCUT2D eigenvalue weighted by molar-refractivity contribution is -0.137. The summed E-state index contributed by atoms with van der Waals surface area (Å²) in [5.74, 6) is -2.72. The van der Waals surface area contributed by atoms with Crippen LogP contribution in [0.2, 0.25) is 0 Å². The van der Waals surface area contributed by atoms with Gasteiger partial charge in [0.2, 0.25) is 0 Å². The Labute approximate surface area is 110 Å². The first-order valence-corrected chi connectivity index (χ1v) is 6.20. The second-order valence-electron chi connectivity index (χ2n) is 4.36. The Kier molecular flexibility index (Phi) is 6.12. The van der Waals surface area contributed by atoms with Crippen molar-refractivity contribution in [2.75, 3.05) is 0 Å². The summed E-state index contributed by atoms with van der Waals surface area (Å²) in [6.45, 7) is 0. The van der Waals surface area contributed by atoms with Crippen molar-refractivity contribution in [2.45, 2.75) is 38.5 Å². The highest BCUT2D eigenvalue weighted by molar-refractivity contribution is 5.96. The van der Waals surface area contributed by atoms with Gasteiger partial charge in [0, 0.05) is 18.9 Å². The molecule has 3 nitrogen and oxygen atoms in total. The molecule has 0 heterocycles. The van der Waals surface area contributed by atoms with Gasteiger partial charge in [-0.15, -0.1) is 0 Å². The van der Waals surface area contributed by atoms with E-state index in [2.05, 4.69) is 0 Å². The second-order valence-corrected chi connectivity index (χ2v) is 4.36. The number of aliphatic carboxylic acids is 1. The van der Waals surface area contributed by atoms with Crippen LogP contribution in [0, 0.1) is 11.6 Å². The highest BCUT2D eigenvalue weighted by atomic mass is 19.1. The van der Waals surface area contributed by atoms with E-state index in [1.54, 1.807) is 0 Å². The molecule has 0 aliphatic heterocycles. The predicted molar refractivity (Wildman–Crippen MR) is 66.0 cm³/mol. The van der Waals surface area contributed by atoms with Crippen molar-refractivity contribution in [1.29, 1.82) is 0 Å². The van der Waals surface area contributed by atoms with Crippen molar-refractivity contribution in [2.24, 2.45) is 0 Å². The molecule has 1 rings (SSSR count). The average molecular weight is 270 g/mol. The number of Topliss-reactive ketones (excluding diaryl/α,β-unsaturated/α-hetero) is 1. The Morgan fingerprint density at radius 1 is 1.00 bits per heavy atom. The molecule has 0 bridgehead atoms. The van der Waals surface area contributed by atoms with E-state index in [9.17, 15) is 18.4 Å². The number of benzene rings is 1. The van der Waals surface area contributed by atoms with Gasteiger partial charge in [-0.3, -0.25) is 9.59 Å². The third kappa shape index (κ3) is 5.59. The van der Waals surface area contributed by atoms with E-state index in [1.807, 2.05) is 0 Å². The number of hydrogen-bond donors (Lipinski definition) is 1. The van der Waals surface area contributed by atoms with E-state index in [-0.39, 0.29) is 24.2 Å². The van der Waals surface area contributed by atoms with Crippen LogP contribution in [0.4, 0.5) is 8.78 Å². The van der Waals surface area contributed by atoms with Gasteiger partial charge in [-0.1, -0.05) is 12.8 Å². The number of carbonyl (C=O) groups excluding carboxylic acids is 1. The van der Waals surface area contributed by atoms with E-state index < -0.39 is 17.6 Å². The molecule has 0 radical (unpaired) electrons. The van der Waals surface area contributed by atoms with Gasteiger partial charge in [0.15, 0.2) is 5.78 Å². The summed E-state index contributed by atoms with van der Waals surface area (Å²) in [5, 5.41) is 8.43. The van der Waals surface area contributed by atoms with Crippen molar-refractivity contribution in [3.05, 3.63) is 35.4 Å². The van der Waals surface area contributed by atoms with Crippen molar-refractivity contribution >= 4 is 11.8 Å². The van der Waals surface area contributed by atoms with Crippen molar-refractivity contribution < 1.29 is 23.5 Å². The molecule has 0 aliphatic rings. The van der Waals surface area contributed by atoms with Crippen LogP contribution in [0.1, 0.15) is 48.9 Å². The fourth-order valence-electron chi connectivity index (χ4n) is 1.77. The Hall–Kier alpha value is -1.78. The fraction of sp³-hybridized carbons (Fsp3) is 0.429. The zero-order valence-electron chi connectivity index (χ0n) is 10.5. The van der Waals surface area contributed by atoms with Crippen molar-refractivity contribution in [3.63, 3.8) is 0 Å². The standard InChI is InChI=1S/C14H16F2O3/c15-10-7-8-11(12(16)9-10)13(17)5-3-1-2-4-6-14(18)19/h7-9H,1-6H2,(H,18,19). The number of unbranched alkanes of at least 4 members (excludes halogenated alkanes) is 3. The minimum Gasteiger partial charge on any atom is -0.481 e. The second kappa shape index (κ2) is 7.61. The quantitative estimate of drug-likeness (QED) is 0.580. The average Bonchev–Trinajstić information content (AvgIpc) is 2.32. The topological polar surface area (TPSA) is 54.4 Å². The first kappa shape index (κ1) is 15.3. The number of halogens is 2. The van der Waals surface area contributed by atoms with Crippen LogP contribution in [0.5, 0.6) is 0 Å². The molecule has 0 saturated carbocycles. The Bertz CT molecular complexity index is 458. The number of carbonyl (C=O) groups is 2. The van der Waals surface area contributed by atoms with Crippen LogP contribution in [0.3, 0.4) is 0 Å². The van der Waals surface area contributed by atoms with Crippen LogP contribution in [0.15, 0.2) is 18.2 Å². The predicted octanol–water partition coefficient (Wildman–Crippen LogP) is 3.57. The minimum absolute atomic E-state index is 0.0908. The third-order valence-corrected chi connectivity index (χ3v) is 2.78. The van der Waals surface area contributed by atoms with E-state index in [1.165, 1.54) is 0 Å². The van der Waals surface area contributed by atoms with Gasteiger partial charge in [0.1, 0.15) is 11.6 Å². The molecular weight excluding hydrogens is 254 g/mol. The smallest absolute Gasteiger partial charge is 0.303 e. The summed E-state index contributed by atoms with van der Waals surface area (Å²) in [5.41, 5.74) is -0.0908. The molecule has 0 saturated heterocycles. The summed E-state index contributed by atoms with van der Waals surface area (Å²) in [6, 6.07) is 2.90. The first-order chi connectivity index (χ1) is 9.00. The lowest BCUT2D eigenvalue weighted by Crippen LogP contribution is -2.03. The summed E-state index contributed by atoms with van der Waals surface area (Å²) >= 11 is 0. The maximum absolute atomic E-state index is 13.3. The van der Waals surface area contributed by atoms with Crippen LogP contribution in [-0.2, 0) is 4.79 Å². The summed E-state index contributed by atoms with van der Waals surface area (Å²) in [6.07, 6.45) is 2.92. The normalized spacial score (nSPS) is 10.4. The molecule has 5 heteroatoms. The van der Waals surface area contributed by atoms with Crippen molar-refractivity contribution in [1.82, 2.24) is 0 Å². The number of carboxylic acids is 1. The molecule has 1 aromatic rings. The molecule has 0 unspecified atom stereocenters. The molecule has 0 atom stereocenters. The molecule has 1 N–H and O–H groups in total. The largest absolute Gasteiger partial charge is 0.481 e. The number of ketones is 1. The number of carboxylic acid groups (broad SMARTS) is 1. The zero-order valence-corrected chi connectivity index (χ0v) is 10.5. The molecule has 0 aliphatic carbocycles. The van der Waals surface area contributed by atoms with Gasteiger partial charge in [0.25, 0.3) is 0 Å². The molecule has 19 heavy (non-hydrogen) atoms. The number of hydrogen-bond acceptors (Lipinski definition) is 2. The fourth-order valence-corrected chi connectivity index (χ4v) is 1.77. The molecule has 1 aromatic carbocycles. The summed E-state index contributed by atoms with van der Waals surface area (Å²) < 4.78 is 26.0. The highest BCUT2D eigenvalue weighted by Crippen LogP contribution is 2.14. The first-order valence-electron chi connectivity index (χ1n) is 6.20. The third-order valence-electron chi connectivity index (χ3n) is 2.78. The van der Waals surface area contributed by atoms with E-state index >= 15 is 0 Å². The number of rotatable bonds is 8. The maximum Gasteiger partial charge on any atom is 0.303 e. The summed E-state index contributed by atoms with van der Waals surface area (Å²) in [7, 11) is 0. The van der Waals surface area contributed by atoms with Gasteiger partial charge in [-0.2, -0.15) is 0 Å². The van der Waals surface area contributed by atoms with Crippen LogP contribution < -0.4 is 0 Å². The SMILES string of the molecule is O=C(O)CCCCCCC(=O)c1ccc(F)cc1F. The van der Waals surface area contributed by atoms with Crippen LogP contribution in [0.25, 0.3) is 0 Å². The highest BCUT2D eigenvalue weighted by Gasteiger charge is 2.11. The van der Waals surface area contributed by atoms with E-state index in [0.717, 1.165) is 25.0 Å². The lowest BCUT2D eigenvalue weighted by atomic mass is 10.0. The molecule has 0 aromatic heterocycles. The minimum atomic E-state index is -0.837.